The topological polar surface area (TPSA) is 110 Å². The third-order valence-electron chi connectivity index (χ3n) is 5.27. The van der Waals surface area contributed by atoms with Crippen LogP contribution in [0.5, 0.6) is 5.75 Å². The number of hydrogen-bond donors (Lipinski definition) is 3. The van der Waals surface area contributed by atoms with Crippen LogP contribution in [0.25, 0.3) is 0 Å². The van der Waals surface area contributed by atoms with Crippen LogP contribution in [0.3, 0.4) is 0 Å². The summed E-state index contributed by atoms with van der Waals surface area (Å²) in [7, 11) is -4.30. The lowest BCUT2D eigenvalue weighted by molar-refractivity contribution is 0.217. The van der Waals surface area contributed by atoms with Crippen molar-refractivity contribution in [3.63, 3.8) is 0 Å². The molecular weight excluding hydrogens is 506 g/mol. The van der Waals surface area contributed by atoms with Crippen LogP contribution in [0.2, 0.25) is 5.02 Å². The first kappa shape index (κ1) is 27.3. The Hall–Kier alpha value is -2.33. The van der Waals surface area contributed by atoms with E-state index >= 15 is 0 Å². The Balaban J connectivity index is 1.57. The Kier molecular flexibility index (Phi) is 9.80. The van der Waals surface area contributed by atoms with Crippen LogP contribution in [0, 0.1) is 0 Å². The minimum absolute atomic E-state index is 0.318. The first-order valence-corrected chi connectivity index (χ1v) is 13.7. The molecule has 0 aliphatic carbocycles. The van der Waals surface area contributed by atoms with Crippen molar-refractivity contribution in [2.45, 2.75) is 41.2 Å². The average Bonchev–Trinajstić information content (AvgIpc) is 2.83. The van der Waals surface area contributed by atoms with E-state index in [1.807, 2.05) is 72.8 Å². The minimum Gasteiger partial charge on any atom is -0.489 e. The van der Waals surface area contributed by atoms with Gasteiger partial charge in [-0.25, -0.2) is 0 Å². The van der Waals surface area contributed by atoms with E-state index in [4.69, 9.17) is 26.6 Å². The van der Waals surface area contributed by atoms with Gasteiger partial charge in [-0.05, 0) is 66.8 Å². The zero-order valence-corrected chi connectivity index (χ0v) is 21.4. The van der Waals surface area contributed by atoms with Gasteiger partial charge in [0.15, 0.2) is 0 Å². The molecule has 6 nitrogen and oxygen atoms in total. The predicted octanol–water partition coefficient (Wildman–Crippen LogP) is 5.48. The molecule has 3 aromatic rings. The van der Waals surface area contributed by atoms with Gasteiger partial charge in [-0.15, -0.1) is 0 Å². The van der Waals surface area contributed by atoms with E-state index in [0.717, 1.165) is 32.7 Å². The maximum absolute atomic E-state index is 10.9. The van der Waals surface area contributed by atoms with Crippen molar-refractivity contribution in [1.82, 2.24) is 0 Å². The van der Waals surface area contributed by atoms with E-state index < -0.39 is 22.3 Å². The molecule has 9 heteroatoms. The maximum Gasteiger partial charge on any atom is 0.287 e. The molecule has 0 bridgehead atoms. The quantitative estimate of drug-likeness (QED) is 0.264. The van der Waals surface area contributed by atoms with Crippen molar-refractivity contribution in [1.29, 1.82) is 0 Å². The Morgan fingerprint density at radius 3 is 2.46 bits per heavy atom. The molecule has 0 aromatic heterocycles. The van der Waals surface area contributed by atoms with E-state index in [0.29, 0.717) is 36.3 Å². The van der Waals surface area contributed by atoms with Crippen LogP contribution < -0.4 is 10.5 Å². The third-order valence-corrected chi connectivity index (χ3v) is 7.08. The second-order valence-corrected chi connectivity index (χ2v) is 11.0. The molecule has 1 unspecified atom stereocenters. The summed E-state index contributed by atoms with van der Waals surface area (Å²) in [5, 5.41) is 10.7. The van der Waals surface area contributed by atoms with Gasteiger partial charge in [0.2, 0.25) is 0 Å². The summed E-state index contributed by atoms with van der Waals surface area (Å²) in [6.07, 6.45) is 2.60. The second kappa shape index (κ2) is 12.6. The lowest BCUT2D eigenvalue weighted by Crippen LogP contribution is -2.41. The van der Waals surface area contributed by atoms with E-state index in [9.17, 15) is 13.5 Å². The summed E-state index contributed by atoms with van der Waals surface area (Å²) >= 11 is 8.08. The number of benzene rings is 3. The van der Waals surface area contributed by atoms with Gasteiger partial charge in [0.05, 0.1) is 17.6 Å². The fourth-order valence-electron chi connectivity index (χ4n) is 3.34. The fraction of sp³-hybridized carbons (Fsp3) is 0.231. The maximum atomic E-state index is 10.9. The van der Waals surface area contributed by atoms with Gasteiger partial charge in [0, 0.05) is 14.8 Å². The molecule has 0 radical (unpaired) electrons. The largest absolute Gasteiger partial charge is 0.489 e. The number of ether oxygens (including phenoxy) is 1. The van der Waals surface area contributed by atoms with Crippen molar-refractivity contribution in [3.05, 3.63) is 100 Å². The molecular formula is C26H28ClNO5S2. The van der Waals surface area contributed by atoms with Gasteiger partial charge in [0.25, 0.3) is 10.1 Å². The normalized spacial score (nSPS) is 13.6. The van der Waals surface area contributed by atoms with E-state index in [2.05, 4.69) is 0 Å². The summed E-state index contributed by atoms with van der Waals surface area (Å²) in [6, 6.07) is 23.7. The summed E-state index contributed by atoms with van der Waals surface area (Å²) in [5.74, 6) is 0.791. The van der Waals surface area contributed by atoms with Crippen molar-refractivity contribution in [2.75, 3.05) is 6.61 Å². The van der Waals surface area contributed by atoms with Crippen molar-refractivity contribution in [2.24, 2.45) is 5.73 Å². The molecule has 4 N–H and O–H groups in total. The molecule has 0 spiro atoms. The third kappa shape index (κ3) is 9.33. The van der Waals surface area contributed by atoms with Crippen LogP contribution in [-0.2, 0) is 23.1 Å². The summed E-state index contributed by atoms with van der Waals surface area (Å²) in [4.78, 5) is 2.01. The van der Waals surface area contributed by atoms with Crippen LogP contribution >= 0.6 is 23.4 Å². The molecule has 3 aromatic carbocycles. The van der Waals surface area contributed by atoms with Gasteiger partial charge >= 0.3 is 0 Å². The fourth-order valence-corrected chi connectivity index (χ4v) is 5.03. The van der Waals surface area contributed by atoms with Crippen molar-refractivity contribution >= 4 is 33.5 Å². The Morgan fingerprint density at radius 1 is 1.03 bits per heavy atom. The molecule has 186 valence electrons. The highest BCUT2D eigenvalue weighted by atomic mass is 35.5. The van der Waals surface area contributed by atoms with E-state index in [1.165, 1.54) is 0 Å². The number of nitrogens with two attached hydrogens (primary N) is 1. The molecule has 0 fully saturated rings. The highest BCUT2D eigenvalue weighted by molar-refractivity contribution is 7.99. The van der Waals surface area contributed by atoms with Crippen LogP contribution in [0.1, 0.15) is 24.0 Å². The number of aryl methyl sites for hydroxylation is 1. The number of aliphatic hydroxyl groups excluding tert-OH is 1. The molecule has 0 aliphatic rings. The molecule has 0 amide bonds. The molecule has 1 atom stereocenters. The van der Waals surface area contributed by atoms with Crippen molar-refractivity contribution in [3.8, 4) is 5.75 Å². The van der Waals surface area contributed by atoms with Crippen LogP contribution in [-0.4, -0.2) is 30.2 Å². The molecule has 35 heavy (non-hydrogen) atoms. The number of rotatable bonds is 12. The Labute approximate surface area is 215 Å². The lowest BCUT2D eigenvalue weighted by Gasteiger charge is -2.23. The van der Waals surface area contributed by atoms with E-state index in [1.54, 1.807) is 11.8 Å². The minimum atomic E-state index is -4.30. The average molecular weight is 534 g/mol. The zero-order chi connectivity index (χ0) is 25.3. The first-order valence-electron chi connectivity index (χ1n) is 11.0. The monoisotopic (exact) mass is 533 g/mol. The number of halogens is 1. The van der Waals surface area contributed by atoms with Gasteiger partial charge in [0.1, 0.15) is 12.4 Å². The first-order chi connectivity index (χ1) is 16.7. The second-order valence-electron chi connectivity index (χ2n) is 8.17. The molecule has 0 saturated heterocycles. The predicted molar refractivity (Wildman–Crippen MR) is 140 cm³/mol. The molecule has 0 heterocycles. The Morgan fingerprint density at radius 2 is 1.77 bits per heavy atom. The number of hydrogen-bond acceptors (Lipinski definition) is 6. The summed E-state index contributed by atoms with van der Waals surface area (Å²) in [6.45, 7) is 0.0535. The Bertz CT molecular complexity index is 1250. The zero-order valence-electron chi connectivity index (χ0n) is 19.0. The van der Waals surface area contributed by atoms with Gasteiger partial charge in [-0.1, -0.05) is 65.8 Å². The molecule has 3 rings (SSSR count). The lowest BCUT2D eigenvalue weighted by atomic mass is 9.93. The summed E-state index contributed by atoms with van der Waals surface area (Å²) < 4.78 is 36.6. The van der Waals surface area contributed by atoms with Crippen molar-refractivity contribution < 1.29 is 22.8 Å². The van der Waals surface area contributed by atoms with Gasteiger partial charge in [-0.2, -0.15) is 8.42 Å². The highest BCUT2D eigenvalue weighted by Gasteiger charge is 2.21. The van der Waals surface area contributed by atoms with Crippen LogP contribution in [0.15, 0.2) is 94.1 Å². The summed E-state index contributed by atoms with van der Waals surface area (Å²) in [5.41, 5.74) is 6.81. The highest BCUT2D eigenvalue weighted by Crippen LogP contribution is 2.33. The number of aliphatic hydroxyl groups is 1. The SMILES string of the molecule is NC(/C=C/S(=O)(=O)O)(CO)CCCc1ccc(Sc2cccc(OCc3ccccc3)c2)cc1Cl. The van der Waals surface area contributed by atoms with E-state index in [-0.39, 0.29) is 0 Å². The van der Waals surface area contributed by atoms with Crippen LogP contribution in [0.4, 0.5) is 0 Å². The smallest absolute Gasteiger partial charge is 0.287 e. The molecule has 0 aliphatic heterocycles. The standard InChI is InChI=1S/C26H28ClNO5S2/c27-25-17-24(12-11-21(25)8-5-13-26(28,19-29)14-15-35(30,31)32)34-23-10-4-9-22(16-23)33-18-20-6-2-1-3-7-20/h1-4,6-7,9-12,14-17,29H,5,8,13,18-19,28H2,(H,30,31,32)/b15-14+. The van der Waals surface area contributed by atoms with Gasteiger partial charge < -0.3 is 15.6 Å². The van der Waals surface area contributed by atoms with Gasteiger partial charge in [-0.3, -0.25) is 4.55 Å². The molecule has 0 saturated carbocycles.